The Kier molecular flexibility index (Phi) is 5.28. The lowest BCUT2D eigenvalue weighted by molar-refractivity contribution is 0.0926. The van der Waals surface area contributed by atoms with Crippen LogP contribution in [-0.2, 0) is 6.42 Å². The summed E-state index contributed by atoms with van der Waals surface area (Å²) in [5.41, 5.74) is 2.69. The number of nitrogens with one attached hydrogen (secondary N) is 1. The molecule has 0 amide bonds. The zero-order valence-corrected chi connectivity index (χ0v) is 14.2. The molecule has 1 aliphatic heterocycles. The minimum atomic E-state index is 0.0359. The van der Waals surface area contributed by atoms with E-state index in [9.17, 15) is 0 Å². The summed E-state index contributed by atoms with van der Waals surface area (Å²) in [5.74, 6) is 1.11. The lowest BCUT2D eigenvalue weighted by Gasteiger charge is -2.44. The van der Waals surface area contributed by atoms with Crippen molar-refractivity contribution in [2.24, 2.45) is 0 Å². The van der Waals surface area contributed by atoms with Crippen molar-refractivity contribution in [2.75, 3.05) is 26.7 Å². The topological polar surface area (TPSA) is 24.5 Å². The molecule has 1 atom stereocenters. The first-order valence-corrected chi connectivity index (χ1v) is 8.23. The molecule has 1 aromatic rings. The van der Waals surface area contributed by atoms with Crippen LogP contribution in [0.3, 0.4) is 0 Å². The SMILES string of the molecule is CCN(CC)C(C)(C)C(NC)c1cccc2c1OCCC2. The van der Waals surface area contributed by atoms with Gasteiger partial charge in [-0.25, -0.2) is 0 Å². The van der Waals surface area contributed by atoms with Gasteiger partial charge in [0.15, 0.2) is 0 Å². The summed E-state index contributed by atoms with van der Waals surface area (Å²) in [6.07, 6.45) is 2.26. The molecule has 2 rings (SSSR count). The average Bonchev–Trinajstić information content (AvgIpc) is 2.49. The number of hydrogen-bond acceptors (Lipinski definition) is 3. The van der Waals surface area contributed by atoms with E-state index in [2.05, 4.69) is 63.2 Å². The molecule has 0 spiro atoms. The van der Waals surface area contributed by atoms with Gasteiger partial charge in [-0.2, -0.15) is 0 Å². The maximum atomic E-state index is 6.02. The number of aryl methyl sites for hydroxylation is 1. The predicted molar refractivity (Wildman–Crippen MR) is 89.1 cm³/mol. The van der Waals surface area contributed by atoms with Crippen LogP contribution in [0.1, 0.15) is 51.3 Å². The molecule has 1 unspecified atom stereocenters. The fourth-order valence-corrected chi connectivity index (χ4v) is 3.75. The van der Waals surface area contributed by atoms with Gasteiger partial charge in [0.25, 0.3) is 0 Å². The molecule has 118 valence electrons. The fraction of sp³-hybridized carbons (Fsp3) is 0.667. The summed E-state index contributed by atoms with van der Waals surface area (Å²) in [4.78, 5) is 2.51. The van der Waals surface area contributed by atoms with Crippen LogP contribution in [0.2, 0.25) is 0 Å². The lowest BCUT2D eigenvalue weighted by Crippen LogP contribution is -2.52. The minimum absolute atomic E-state index is 0.0359. The first kappa shape index (κ1) is 16.3. The van der Waals surface area contributed by atoms with Gasteiger partial charge in [0.05, 0.1) is 12.6 Å². The molecule has 0 fully saturated rings. The number of ether oxygens (including phenoxy) is 1. The second kappa shape index (κ2) is 6.80. The van der Waals surface area contributed by atoms with Gasteiger partial charge < -0.3 is 10.1 Å². The lowest BCUT2D eigenvalue weighted by atomic mass is 9.85. The van der Waals surface area contributed by atoms with Crippen LogP contribution in [0, 0.1) is 0 Å². The molecule has 21 heavy (non-hydrogen) atoms. The van der Waals surface area contributed by atoms with E-state index in [1.54, 1.807) is 0 Å². The average molecular weight is 290 g/mol. The third kappa shape index (κ3) is 3.09. The maximum absolute atomic E-state index is 6.02. The number of rotatable bonds is 6. The van der Waals surface area contributed by atoms with Crippen molar-refractivity contribution in [2.45, 2.75) is 52.1 Å². The molecule has 1 heterocycles. The number of likely N-dealkylation sites (N-methyl/N-ethyl adjacent to an activating group) is 2. The Bertz CT molecular complexity index is 466. The Balaban J connectivity index is 2.42. The molecule has 0 bridgehead atoms. The number of nitrogens with zero attached hydrogens (tertiary/aromatic N) is 1. The van der Waals surface area contributed by atoms with E-state index in [1.165, 1.54) is 11.1 Å². The first-order chi connectivity index (χ1) is 10.1. The second-order valence-electron chi connectivity index (χ2n) is 6.34. The number of benzene rings is 1. The highest BCUT2D eigenvalue weighted by Crippen LogP contribution is 2.39. The first-order valence-electron chi connectivity index (χ1n) is 8.23. The second-order valence-corrected chi connectivity index (χ2v) is 6.34. The Labute approximate surface area is 129 Å². The Hall–Kier alpha value is -1.06. The van der Waals surface area contributed by atoms with E-state index in [0.29, 0.717) is 0 Å². The molecule has 0 aromatic heterocycles. The van der Waals surface area contributed by atoms with Crippen LogP contribution in [0.5, 0.6) is 5.75 Å². The summed E-state index contributed by atoms with van der Waals surface area (Å²) in [7, 11) is 2.05. The van der Waals surface area contributed by atoms with Gasteiger partial charge in [0, 0.05) is 11.1 Å². The third-order valence-electron chi connectivity index (χ3n) is 4.85. The molecule has 3 nitrogen and oxygen atoms in total. The largest absolute Gasteiger partial charge is 0.493 e. The van der Waals surface area contributed by atoms with Crippen molar-refractivity contribution >= 4 is 0 Å². The van der Waals surface area contributed by atoms with Crippen molar-refractivity contribution in [3.63, 3.8) is 0 Å². The molecular formula is C18H30N2O. The predicted octanol–water partition coefficient (Wildman–Crippen LogP) is 3.39. The number of fused-ring (bicyclic) bond motifs is 1. The van der Waals surface area contributed by atoms with Crippen molar-refractivity contribution < 1.29 is 4.74 Å². The van der Waals surface area contributed by atoms with E-state index in [4.69, 9.17) is 4.74 Å². The summed E-state index contributed by atoms with van der Waals surface area (Å²) in [6, 6.07) is 6.85. The van der Waals surface area contributed by atoms with E-state index in [1.807, 2.05) is 0 Å². The van der Waals surface area contributed by atoms with Gasteiger partial charge >= 0.3 is 0 Å². The molecule has 1 N–H and O–H groups in total. The van der Waals surface area contributed by atoms with Crippen molar-refractivity contribution in [3.8, 4) is 5.75 Å². The zero-order chi connectivity index (χ0) is 15.5. The molecule has 1 aliphatic rings. The van der Waals surface area contributed by atoms with Crippen molar-refractivity contribution in [1.29, 1.82) is 0 Å². The Morgan fingerprint density at radius 3 is 2.62 bits per heavy atom. The van der Waals surface area contributed by atoms with Gasteiger partial charge in [-0.3, -0.25) is 4.90 Å². The number of hydrogen-bond donors (Lipinski definition) is 1. The summed E-state index contributed by atoms with van der Waals surface area (Å²) < 4.78 is 6.02. The van der Waals surface area contributed by atoms with Crippen LogP contribution in [0.15, 0.2) is 18.2 Å². The zero-order valence-electron chi connectivity index (χ0n) is 14.2. The highest BCUT2D eigenvalue weighted by Gasteiger charge is 2.36. The third-order valence-corrected chi connectivity index (χ3v) is 4.85. The van der Waals surface area contributed by atoms with Gasteiger partial charge in [-0.05, 0) is 52.4 Å². The Morgan fingerprint density at radius 1 is 1.29 bits per heavy atom. The minimum Gasteiger partial charge on any atom is -0.493 e. The maximum Gasteiger partial charge on any atom is 0.127 e. The van der Waals surface area contributed by atoms with Crippen LogP contribution in [-0.4, -0.2) is 37.2 Å². The molecule has 1 aromatic carbocycles. The van der Waals surface area contributed by atoms with Crippen LogP contribution in [0.25, 0.3) is 0 Å². The smallest absolute Gasteiger partial charge is 0.127 e. The van der Waals surface area contributed by atoms with Gasteiger partial charge in [0.1, 0.15) is 5.75 Å². The van der Waals surface area contributed by atoms with Gasteiger partial charge in [-0.1, -0.05) is 32.0 Å². The highest BCUT2D eigenvalue weighted by molar-refractivity contribution is 5.45. The highest BCUT2D eigenvalue weighted by atomic mass is 16.5. The molecule has 0 radical (unpaired) electrons. The standard InChI is InChI=1S/C18H30N2O/c1-6-20(7-2)18(3,4)17(19-5)15-12-8-10-14-11-9-13-21-16(14)15/h8,10,12,17,19H,6-7,9,11,13H2,1-5H3. The Morgan fingerprint density at radius 2 is 2.00 bits per heavy atom. The van der Waals surface area contributed by atoms with Gasteiger partial charge in [0.2, 0.25) is 0 Å². The summed E-state index contributed by atoms with van der Waals surface area (Å²) in [6.45, 7) is 12.1. The molecule has 0 saturated heterocycles. The monoisotopic (exact) mass is 290 g/mol. The van der Waals surface area contributed by atoms with E-state index in [0.717, 1.165) is 38.3 Å². The quantitative estimate of drug-likeness (QED) is 0.869. The number of para-hydroxylation sites is 1. The van der Waals surface area contributed by atoms with Gasteiger partial charge in [-0.15, -0.1) is 0 Å². The fourth-order valence-electron chi connectivity index (χ4n) is 3.75. The van der Waals surface area contributed by atoms with E-state index < -0.39 is 0 Å². The van der Waals surface area contributed by atoms with Crippen molar-refractivity contribution in [3.05, 3.63) is 29.3 Å². The van der Waals surface area contributed by atoms with Crippen LogP contribution in [0.4, 0.5) is 0 Å². The van der Waals surface area contributed by atoms with Crippen molar-refractivity contribution in [1.82, 2.24) is 10.2 Å². The summed E-state index contributed by atoms with van der Waals surface area (Å²) >= 11 is 0. The van der Waals surface area contributed by atoms with Crippen LogP contribution >= 0.6 is 0 Å². The van der Waals surface area contributed by atoms with E-state index in [-0.39, 0.29) is 11.6 Å². The van der Waals surface area contributed by atoms with E-state index >= 15 is 0 Å². The molecule has 0 aliphatic carbocycles. The molecular weight excluding hydrogens is 260 g/mol. The molecule has 3 heteroatoms. The van der Waals surface area contributed by atoms with Crippen LogP contribution < -0.4 is 10.1 Å². The molecule has 0 saturated carbocycles. The summed E-state index contributed by atoms with van der Waals surface area (Å²) in [5, 5.41) is 3.54. The normalized spacial score (nSPS) is 16.5.